The Morgan fingerprint density at radius 3 is 2.59 bits per heavy atom. The first-order valence-corrected chi connectivity index (χ1v) is 12.5. The van der Waals surface area contributed by atoms with Gasteiger partial charge in [-0.1, -0.05) is 44.2 Å². The molecule has 3 rings (SSSR count). The summed E-state index contributed by atoms with van der Waals surface area (Å²) in [6.07, 6.45) is 1.23. The summed E-state index contributed by atoms with van der Waals surface area (Å²) in [7, 11) is 1.51. The van der Waals surface area contributed by atoms with Gasteiger partial charge in [0.15, 0.2) is 0 Å². The predicted molar refractivity (Wildman–Crippen MR) is 127 cm³/mol. The number of carbonyl (C=O) groups is 3. The highest BCUT2D eigenvalue weighted by atomic mass is 32.2. The largest absolute Gasteiger partial charge is 0.357 e. The lowest BCUT2D eigenvalue weighted by Crippen LogP contribution is -2.50. The minimum Gasteiger partial charge on any atom is -0.357 e. The SMILES string of the molecule is CNC(=O)[C@H](Cc1ccccc1)N1C(=O)CC(CSc2c(NO)csc2CC(C)C)C1=O. The normalized spacial score (nSPS) is 17.2. The zero-order valence-corrected chi connectivity index (χ0v) is 20.1. The first kappa shape index (κ1) is 24.3. The molecule has 7 nitrogen and oxygen atoms in total. The molecule has 0 saturated carbocycles. The summed E-state index contributed by atoms with van der Waals surface area (Å²) in [6.45, 7) is 4.26. The molecule has 2 heterocycles. The van der Waals surface area contributed by atoms with Crippen LogP contribution in [0.2, 0.25) is 0 Å². The van der Waals surface area contributed by atoms with Crippen LogP contribution in [-0.2, 0) is 27.2 Å². The molecular formula is C23H29N3O4S2. The fraction of sp³-hybridized carbons (Fsp3) is 0.435. The average molecular weight is 476 g/mol. The van der Waals surface area contributed by atoms with E-state index in [1.54, 1.807) is 11.3 Å². The number of benzene rings is 1. The maximum absolute atomic E-state index is 13.2. The molecular weight excluding hydrogens is 446 g/mol. The number of anilines is 1. The van der Waals surface area contributed by atoms with E-state index in [9.17, 15) is 19.6 Å². The molecule has 2 atom stereocenters. The maximum atomic E-state index is 13.2. The van der Waals surface area contributed by atoms with Gasteiger partial charge in [0.05, 0.1) is 11.6 Å². The molecule has 0 bridgehead atoms. The van der Waals surface area contributed by atoms with Crippen molar-refractivity contribution in [2.24, 2.45) is 11.8 Å². The quantitative estimate of drug-likeness (QED) is 0.276. The topological polar surface area (TPSA) is 98.7 Å². The monoisotopic (exact) mass is 475 g/mol. The van der Waals surface area contributed by atoms with Crippen molar-refractivity contribution in [1.82, 2.24) is 10.2 Å². The summed E-state index contributed by atoms with van der Waals surface area (Å²) < 4.78 is 0. The summed E-state index contributed by atoms with van der Waals surface area (Å²) in [4.78, 5) is 41.8. The minimum atomic E-state index is -0.871. The van der Waals surface area contributed by atoms with Gasteiger partial charge in [0.25, 0.3) is 0 Å². The Morgan fingerprint density at radius 1 is 1.25 bits per heavy atom. The van der Waals surface area contributed by atoms with Gasteiger partial charge >= 0.3 is 0 Å². The van der Waals surface area contributed by atoms with Crippen molar-refractivity contribution in [2.45, 2.75) is 44.0 Å². The second-order valence-corrected chi connectivity index (χ2v) is 10.2. The summed E-state index contributed by atoms with van der Waals surface area (Å²) >= 11 is 3.04. The smallest absolute Gasteiger partial charge is 0.243 e. The fourth-order valence-electron chi connectivity index (χ4n) is 3.80. The van der Waals surface area contributed by atoms with Crippen LogP contribution >= 0.6 is 23.1 Å². The maximum Gasteiger partial charge on any atom is 0.243 e. The standard InChI is InChI=1S/C23H29N3O4S2/c1-14(2)9-19-21(17(25-30)13-31-19)32-12-16-11-20(27)26(23(16)29)18(22(28)24-3)10-15-7-5-4-6-8-15/h4-8,13-14,16,18,25,30H,9-12H2,1-3H3,(H,24,28)/t16?,18-/m0/s1. The molecule has 172 valence electrons. The Kier molecular flexibility index (Phi) is 8.33. The van der Waals surface area contributed by atoms with Crippen LogP contribution < -0.4 is 10.8 Å². The summed E-state index contributed by atoms with van der Waals surface area (Å²) in [5, 5.41) is 13.9. The predicted octanol–water partition coefficient (Wildman–Crippen LogP) is 3.57. The molecule has 1 aromatic heterocycles. The van der Waals surface area contributed by atoms with Crippen LogP contribution in [0.4, 0.5) is 5.69 Å². The molecule has 1 aliphatic rings. The van der Waals surface area contributed by atoms with E-state index in [0.29, 0.717) is 17.4 Å². The summed E-state index contributed by atoms with van der Waals surface area (Å²) in [5.74, 6) is -0.634. The van der Waals surface area contributed by atoms with E-state index in [4.69, 9.17) is 0 Å². The van der Waals surface area contributed by atoms with Gasteiger partial charge in [-0.3, -0.25) is 30.0 Å². The third-order valence-electron chi connectivity index (χ3n) is 5.37. The average Bonchev–Trinajstić information content (AvgIpc) is 3.29. The zero-order chi connectivity index (χ0) is 23.3. The molecule has 2 aromatic rings. The number of likely N-dealkylation sites (tertiary alicyclic amines) is 1. The molecule has 0 aliphatic carbocycles. The Balaban J connectivity index is 1.75. The number of thiophene rings is 1. The number of nitrogens with zero attached hydrogens (tertiary/aromatic N) is 1. The number of imide groups is 1. The number of rotatable bonds is 10. The third-order valence-corrected chi connectivity index (χ3v) is 7.83. The number of amides is 3. The zero-order valence-electron chi connectivity index (χ0n) is 18.5. The lowest BCUT2D eigenvalue weighted by Gasteiger charge is -2.25. The van der Waals surface area contributed by atoms with Crippen LogP contribution in [0.1, 0.15) is 30.7 Å². The molecule has 1 saturated heterocycles. The lowest BCUT2D eigenvalue weighted by atomic mass is 10.0. The Bertz CT molecular complexity index is 961. The highest BCUT2D eigenvalue weighted by molar-refractivity contribution is 7.99. The lowest BCUT2D eigenvalue weighted by molar-refractivity contribution is -0.147. The molecule has 0 radical (unpaired) electrons. The van der Waals surface area contributed by atoms with Gasteiger partial charge in [-0.15, -0.1) is 23.1 Å². The van der Waals surface area contributed by atoms with Crippen LogP contribution in [-0.4, -0.2) is 46.7 Å². The molecule has 3 amide bonds. The van der Waals surface area contributed by atoms with Gasteiger partial charge in [0.2, 0.25) is 17.7 Å². The number of likely N-dealkylation sites (N-methyl/N-ethyl adjacent to an activating group) is 1. The van der Waals surface area contributed by atoms with Crippen molar-refractivity contribution in [1.29, 1.82) is 0 Å². The van der Waals surface area contributed by atoms with E-state index < -0.39 is 12.0 Å². The second kappa shape index (κ2) is 11.0. The Morgan fingerprint density at radius 2 is 1.97 bits per heavy atom. The van der Waals surface area contributed by atoms with Crippen LogP contribution in [0.3, 0.4) is 0 Å². The first-order chi connectivity index (χ1) is 15.3. The van der Waals surface area contributed by atoms with Gasteiger partial charge in [0, 0.05) is 40.8 Å². The van der Waals surface area contributed by atoms with Crippen molar-refractivity contribution in [3.05, 3.63) is 46.2 Å². The molecule has 1 unspecified atom stereocenters. The minimum absolute atomic E-state index is 0.0830. The van der Waals surface area contributed by atoms with Gasteiger partial charge in [0.1, 0.15) is 6.04 Å². The van der Waals surface area contributed by atoms with Gasteiger partial charge in [-0.25, -0.2) is 0 Å². The van der Waals surface area contributed by atoms with Crippen LogP contribution in [0.15, 0.2) is 40.6 Å². The van der Waals surface area contributed by atoms with Crippen LogP contribution in [0.25, 0.3) is 0 Å². The Hall–Kier alpha value is -2.36. The molecule has 1 aliphatic heterocycles. The highest BCUT2D eigenvalue weighted by Crippen LogP contribution is 2.39. The number of carbonyl (C=O) groups excluding carboxylic acids is 3. The van der Waals surface area contributed by atoms with E-state index in [1.807, 2.05) is 35.7 Å². The molecule has 3 N–H and O–H groups in total. The highest BCUT2D eigenvalue weighted by Gasteiger charge is 2.44. The number of hydrogen-bond donors (Lipinski definition) is 3. The first-order valence-electron chi connectivity index (χ1n) is 10.6. The second-order valence-electron chi connectivity index (χ2n) is 8.25. The van der Waals surface area contributed by atoms with E-state index in [0.717, 1.165) is 26.7 Å². The summed E-state index contributed by atoms with van der Waals surface area (Å²) in [6, 6.07) is 8.50. The van der Waals surface area contributed by atoms with Crippen molar-refractivity contribution in [3.63, 3.8) is 0 Å². The van der Waals surface area contributed by atoms with Crippen molar-refractivity contribution in [2.75, 3.05) is 18.3 Å². The Labute approximate surface area is 196 Å². The molecule has 32 heavy (non-hydrogen) atoms. The van der Waals surface area contributed by atoms with Gasteiger partial charge in [-0.05, 0) is 17.9 Å². The van der Waals surface area contributed by atoms with Crippen molar-refractivity contribution in [3.8, 4) is 0 Å². The van der Waals surface area contributed by atoms with Crippen molar-refractivity contribution < 1.29 is 19.6 Å². The number of hydrogen-bond acceptors (Lipinski definition) is 7. The van der Waals surface area contributed by atoms with E-state index in [2.05, 4.69) is 24.6 Å². The van der Waals surface area contributed by atoms with E-state index >= 15 is 0 Å². The third kappa shape index (κ3) is 5.51. The summed E-state index contributed by atoms with van der Waals surface area (Å²) in [5.41, 5.74) is 3.74. The molecule has 9 heteroatoms. The van der Waals surface area contributed by atoms with E-state index in [-0.39, 0.29) is 30.6 Å². The molecule has 1 fully saturated rings. The van der Waals surface area contributed by atoms with E-state index in [1.165, 1.54) is 18.8 Å². The number of thioether (sulfide) groups is 1. The van der Waals surface area contributed by atoms with Gasteiger partial charge < -0.3 is 5.32 Å². The molecule has 0 spiro atoms. The van der Waals surface area contributed by atoms with Crippen molar-refractivity contribution >= 4 is 46.5 Å². The van der Waals surface area contributed by atoms with Gasteiger partial charge in [-0.2, -0.15) is 0 Å². The van der Waals surface area contributed by atoms with Crippen LogP contribution in [0, 0.1) is 11.8 Å². The van der Waals surface area contributed by atoms with Crippen LogP contribution in [0.5, 0.6) is 0 Å². The fourth-order valence-corrected chi connectivity index (χ4v) is 6.40. The number of nitrogens with one attached hydrogen (secondary N) is 2. The molecule has 1 aromatic carbocycles.